The summed E-state index contributed by atoms with van der Waals surface area (Å²) in [5, 5.41) is 11.9. The first kappa shape index (κ1) is 15.8. The SMILES string of the molecule is O=C(N[C@@H]1CCOC[C@H]1OCCO)c1cccc2nccnc12. The number of aliphatic hydroxyl groups is 1. The minimum atomic E-state index is -0.263. The molecule has 0 spiro atoms. The molecule has 0 unspecified atom stereocenters. The van der Waals surface area contributed by atoms with Crippen LogP contribution in [-0.4, -0.2) is 59.6 Å². The number of para-hydroxylation sites is 1. The van der Waals surface area contributed by atoms with Crippen LogP contribution in [0.2, 0.25) is 0 Å². The van der Waals surface area contributed by atoms with Crippen LogP contribution in [-0.2, 0) is 9.47 Å². The van der Waals surface area contributed by atoms with Crippen LogP contribution < -0.4 is 5.32 Å². The lowest BCUT2D eigenvalue weighted by Crippen LogP contribution is -2.50. The maximum Gasteiger partial charge on any atom is 0.253 e. The van der Waals surface area contributed by atoms with E-state index in [4.69, 9.17) is 14.6 Å². The number of carbonyl (C=O) groups is 1. The molecule has 2 aromatic rings. The predicted octanol–water partition coefficient (Wildman–Crippen LogP) is 0.526. The van der Waals surface area contributed by atoms with E-state index in [0.29, 0.717) is 36.2 Å². The molecule has 7 nitrogen and oxygen atoms in total. The maximum absolute atomic E-state index is 12.6. The number of benzene rings is 1. The molecule has 1 aliphatic heterocycles. The third-order valence-corrected chi connectivity index (χ3v) is 3.79. The van der Waals surface area contributed by atoms with Gasteiger partial charge >= 0.3 is 0 Å². The number of nitrogens with one attached hydrogen (secondary N) is 1. The van der Waals surface area contributed by atoms with E-state index < -0.39 is 0 Å². The second-order valence-electron chi connectivity index (χ2n) is 5.31. The van der Waals surface area contributed by atoms with Crippen molar-refractivity contribution in [2.24, 2.45) is 0 Å². The van der Waals surface area contributed by atoms with Crippen molar-refractivity contribution in [1.29, 1.82) is 0 Å². The zero-order valence-corrected chi connectivity index (χ0v) is 12.6. The highest BCUT2D eigenvalue weighted by molar-refractivity contribution is 6.04. The molecule has 0 saturated carbocycles. The van der Waals surface area contributed by atoms with Gasteiger partial charge in [0.25, 0.3) is 5.91 Å². The maximum atomic E-state index is 12.6. The first-order chi connectivity index (χ1) is 11.3. The second-order valence-corrected chi connectivity index (χ2v) is 5.31. The first-order valence-electron chi connectivity index (χ1n) is 7.60. The van der Waals surface area contributed by atoms with Crippen LogP contribution in [0.5, 0.6) is 0 Å². The third-order valence-electron chi connectivity index (χ3n) is 3.79. The number of hydrogen-bond donors (Lipinski definition) is 2. The van der Waals surface area contributed by atoms with Gasteiger partial charge in [0.2, 0.25) is 0 Å². The molecule has 0 aliphatic carbocycles. The molecule has 122 valence electrons. The van der Waals surface area contributed by atoms with Gasteiger partial charge in [0, 0.05) is 19.0 Å². The van der Waals surface area contributed by atoms with Crippen molar-refractivity contribution in [1.82, 2.24) is 15.3 Å². The average molecular weight is 317 g/mol. The minimum absolute atomic E-state index is 0.0594. The van der Waals surface area contributed by atoms with Crippen LogP contribution in [0, 0.1) is 0 Å². The van der Waals surface area contributed by atoms with Gasteiger partial charge in [-0.25, -0.2) is 0 Å². The molecule has 0 bridgehead atoms. The molecule has 1 aliphatic rings. The van der Waals surface area contributed by atoms with E-state index in [2.05, 4.69) is 15.3 Å². The van der Waals surface area contributed by atoms with Gasteiger partial charge < -0.3 is 19.9 Å². The van der Waals surface area contributed by atoms with E-state index in [1.54, 1.807) is 24.5 Å². The molecule has 2 heterocycles. The summed E-state index contributed by atoms with van der Waals surface area (Å²) in [6.45, 7) is 1.13. The Bertz CT molecular complexity index is 674. The fourth-order valence-electron chi connectivity index (χ4n) is 2.67. The zero-order valence-electron chi connectivity index (χ0n) is 12.6. The number of aromatic nitrogens is 2. The van der Waals surface area contributed by atoms with E-state index in [1.807, 2.05) is 6.07 Å². The zero-order chi connectivity index (χ0) is 16.1. The van der Waals surface area contributed by atoms with E-state index >= 15 is 0 Å². The second kappa shape index (κ2) is 7.45. The van der Waals surface area contributed by atoms with Crippen LogP contribution in [0.4, 0.5) is 0 Å². The molecule has 2 N–H and O–H groups in total. The summed E-state index contributed by atoms with van der Waals surface area (Å²) in [7, 11) is 0. The summed E-state index contributed by atoms with van der Waals surface area (Å²) in [6.07, 6.45) is 3.57. The lowest BCUT2D eigenvalue weighted by atomic mass is 10.0. The number of nitrogens with zero attached hydrogens (tertiary/aromatic N) is 2. The number of carbonyl (C=O) groups excluding carboxylic acids is 1. The average Bonchev–Trinajstić information content (AvgIpc) is 2.60. The summed E-state index contributed by atoms with van der Waals surface area (Å²) in [6, 6.07) is 5.18. The Hall–Kier alpha value is -2.09. The lowest BCUT2D eigenvalue weighted by Gasteiger charge is -2.32. The topological polar surface area (TPSA) is 93.6 Å². The summed E-state index contributed by atoms with van der Waals surface area (Å²) in [5.74, 6) is -0.208. The van der Waals surface area contributed by atoms with Gasteiger partial charge in [-0.15, -0.1) is 0 Å². The normalized spacial score (nSPS) is 21.3. The van der Waals surface area contributed by atoms with Crippen molar-refractivity contribution in [2.75, 3.05) is 26.4 Å². The van der Waals surface area contributed by atoms with E-state index in [1.165, 1.54) is 0 Å². The molecule has 2 atom stereocenters. The smallest absolute Gasteiger partial charge is 0.253 e. The van der Waals surface area contributed by atoms with E-state index in [0.717, 1.165) is 0 Å². The summed E-state index contributed by atoms with van der Waals surface area (Å²) < 4.78 is 10.9. The van der Waals surface area contributed by atoms with E-state index in [9.17, 15) is 4.79 Å². The number of ether oxygens (including phenoxy) is 2. The Kier molecular flexibility index (Phi) is 5.12. The van der Waals surface area contributed by atoms with Crippen molar-refractivity contribution in [2.45, 2.75) is 18.6 Å². The molecule has 7 heteroatoms. The van der Waals surface area contributed by atoms with Crippen LogP contribution in [0.15, 0.2) is 30.6 Å². The molecule has 1 aromatic carbocycles. The lowest BCUT2D eigenvalue weighted by molar-refractivity contribution is -0.0737. The Labute approximate surface area is 133 Å². The molecule has 23 heavy (non-hydrogen) atoms. The van der Waals surface area contributed by atoms with Crippen molar-refractivity contribution >= 4 is 16.9 Å². The highest BCUT2D eigenvalue weighted by Gasteiger charge is 2.28. The van der Waals surface area contributed by atoms with Gasteiger partial charge in [0.1, 0.15) is 11.6 Å². The Morgan fingerprint density at radius 3 is 3.13 bits per heavy atom. The number of aliphatic hydroxyl groups excluding tert-OH is 1. The third kappa shape index (κ3) is 3.64. The highest BCUT2D eigenvalue weighted by atomic mass is 16.5. The fraction of sp³-hybridized carbons (Fsp3) is 0.438. The Morgan fingerprint density at radius 1 is 1.39 bits per heavy atom. The molecular weight excluding hydrogens is 298 g/mol. The molecule has 1 amide bonds. The van der Waals surface area contributed by atoms with Crippen LogP contribution >= 0.6 is 0 Å². The predicted molar refractivity (Wildman–Crippen MR) is 83.1 cm³/mol. The van der Waals surface area contributed by atoms with Crippen LogP contribution in [0.1, 0.15) is 16.8 Å². The number of rotatable bonds is 5. The van der Waals surface area contributed by atoms with Gasteiger partial charge in [-0.2, -0.15) is 0 Å². The van der Waals surface area contributed by atoms with Gasteiger partial charge in [-0.05, 0) is 18.6 Å². The van der Waals surface area contributed by atoms with Gasteiger partial charge in [0.15, 0.2) is 0 Å². The van der Waals surface area contributed by atoms with Gasteiger partial charge in [0.05, 0.1) is 36.9 Å². The molecule has 0 radical (unpaired) electrons. The molecule has 3 rings (SSSR count). The van der Waals surface area contributed by atoms with Crippen LogP contribution in [0.25, 0.3) is 11.0 Å². The monoisotopic (exact) mass is 317 g/mol. The van der Waals surface area contributed by atoms with Crippen molar-refractivity contribution in [3.05, 3.63) is 36.2 Å². The molecule has 1 aromatic heterocycles. The Morgan fingerprint density at radius 2 is 2.26 bits per heavy atom. The quantitative estimate of drug-likeness (QED) is 0.835. The summed E-state index contributed by atoms with van der Waals surface area (Å²) >= 11 is 0. The number of amides is 1. The number of hydrogen-bond acceptors (Lipinski definition) is 6. The summed E-state index contributed by atoms with van der Waals surface area (Å²) in [5.41, 5.74) is 1.75. The standard InChI is InChI=1S/C16H19N3O4/c20-7-9-23-14-10-22-8-4-12(14)19-16(21)11-2-1-3-13-15(11)18-6-5-17-13/h1-3,5-6,12,14,20H,4,7-10H2,(H,19,21)/t12-,14-/m1/s1. The fourth-order valence-corrected chi connectivity index (χ4v) is 2.67. The highest BCUT2D eigenvalue weighted by Crippen LogP contribution is 2.16. The largest absolute Gasteiger partial charge is 0.394 e. The number of fused-ring (bicyclic) bond motifs is 1. The van der Waals surface area contributed by atoms with Gasteiger partial charge in [-0.1, -0.05) is 6.07 Å². The van der Waals surface area contributed by atoms with E-state index in [-0.39, 0.29) is 31.3 Å². The van der Waals surface area contributed by atoms with Crippen molar-refractivity contribution in [3.63, 3.8) is 0 Å². The van der Waals surface area contributed by atoms with Gasteiger partial charge in [-0.3, -0.25) is 14.8 Å². The first-order valence-corrected chi connectivity index (χ1v) is 7.60. The molecule has 1 saturated heterocycles. The molecular formula is C16H19N3O4. The summed E-state index contributed by atoms with van der Waals surface area (Å²) in [4.78, 5) is 21.1. The minimum Gasteiger partial charge on any atom is -0.394 e. The molecule has 1 fully saturated rings. The van der Waals surface area contributed by atoms with Crippen molar-refractivity contribution < 1.29 is 19.4 Å². The van der Waals surface area contributed by atoms with Crippen LogP contribution in [0.3, 0.4) is 0 Å². The Balaban J connectivity index is 1.76. The van der Waals surface area contributed by atoms with Crippen molar-refractivity contribution in [3.8, 4) is 0 Å².